The van der Waals surface area contributed by atoms with Gasteiger partial charge in [0.2, 0.25) is 0 Å². The first kappa shape index (κ1) is 39.3. The quantitative estimate of drug-likeness (QED) is 0.195. The second kappa shape index (κ2) is 14.4. The van der Waals surface area contributed by atoms with Crippen molar-refractivity contribution in [1.29, 1.82) is 0 Å². The maximum absolute atomic E-state index is 12.7. The molecular formula is C46H64O10P+. The zero-order valence-corrected chi connectivity index (χ0v) is 35.5. The molecule has 12 rings (SSSR count). The lowest BCUT2D eigenvalue weighted by atomic mass is 9.55. The Morgan fingerprint density at radius 2 is 1.12 bits per heavy atom. The van der Waals surface area contributed by atoms with E-state index in [-0.39, 0.29) is 42.0 Å². The smallest absolute Gasteiger partial charge is 0.371 e. The van der Waals surface area contributed by atoms with E-state index in [0.29, 0.717) is 41.6 Å². The van der Waals surface area contributed by atoms with Crippen LogP contribution in [0, 0.1) is 47.3 Å². The van der Waals surface area contributed by atoms with Crippen LogP contribution < -0.4 is 9.05 Å². The Labute approximate surface area is 339 Å². The summed E-state index contributed by atoms with van der Waals surface area (Å²) >= 11 is 0. The number of para-hydroxylation sites is 2. The predicted octanol–water partition coefficient (Wildman–Crippen LogP) is 10.0. The second-order valence-corrected chi connectivity index (χ2v) is 21.6. The van der Waals surface area contributed by atoms with Crippen LogP contribution in [0.5, 0.6) is 11.5 Å². The van der Waals surface area contributed by atoms with Gasteiger partial charge in [-0.15, -0.1) is 4.52 Å². The molecule has 2 aromatic rings. The molecule has 6 saturated heterocycles. The van der Waals surface area contributed by atoms with Gasteiger partial charge in [0.25, 0.3) is 0 Å². The van der Waals surface area contributed by atoms with E-state index in [1.807, 2.05) is 60.7 Å². The molecule has 312 valence electrons. The van der Waals surface area contributed by atoms with E-state index in [4.69, 9.17) is 42.6 Å². The van der Waals surface area contributed by atoms with Gasteiger partial charge in [-0.2, -0.15) is 4.89 Å². The summed E-state index contributed by atoms with van der Waals surface area (Å²) in [5.74, 6) is 3.30. The molecule has 10 fully saturated rings. The molecule has 6 aliphatic heterocycles. The van der Waals surface area contributed by atoms with Crippen molar-refractivity contribution in [1.82, 2.24) is 0 Å². The van der Waals surface area contributed by atoms with Crippen molar-refractivity contribution in [3.63, 3.8) is 0 Å². The topological polar surface area (TPSA) is 103 Å². The third kappa shape index (κ3) is 6.45. The molecule has 4 saturated carbocycles. The monoisotopic (exact) mass is 807 g/mol. The molecule has 4 bridgehead atoms. The molecule has 10 nitrogen and oxygen atoms in total. The third-order valence-electron chi connectivity index (χ3n) is 16.6. The van der Waals surface area contributed by atoms with E-state index in [2.05, 4.69) is 41.5 Å². The molecule has 1 unspecified atom stereocenters. The van der Waals surface area contributed by atoms with Crippen molar-refractivity contribution < 1.29 is 47.5 Å². The minimum absolute atomic E-state index is 0.0175. The Kier molecular flexibility index (Phi) is 9.91. The largest absolute Gasteiger partial charge is 0.666 e. The van der Waals surface area contributed by atoms with Crippen LogP contribution in [0.3, 0.4) is 0 Å². The Hall–Kier alpha value is -1.85. The predicted molar refractivity (Wildman–Crippen MR) is 213 cm³/mol. The maximum Gasteiger partial charge on any atom is 0.666 e. The molecule has 2 aromatic carbocycles. The standard InChI is InChI=1S/C46H64O10P/c1-28-17-19-36-30(3)38(48-40-26-43(5)23-21-34(28)45(36,40)55-53-43)25-39(52-57(47,50-32-13-9-7-10-14-32)51-33-15-11-8-12-16-33)42-31(4)37-20-18-29(2)35-22-24-44(6)27-41(49-42)46(35,37)56-54-44/h7-16,28-31,34-42,47H,17-27H2,1-6H3/q+1/t28-,29-,30-,31-,34+,35+,36+,37+,38-,39+,40-,41-,42?,43-,44-,45-,46-/m1/s1. The van der Waals surface area contributed by atoms with Crippen LogP contribution in [0.4, 0.5) is 0 Å². The fourth-order valence-corrected chi connectivity index (χ4v) is 15.1. The van der Waals surface area contributed by atoms with Crippen LogP contribution in [-0.2, 0) is 33.5 Å². The van der Waals surface area contributed by atoms with Gasteiger partial charge in [0.15, 0.2) is 11.5 Å². The Bertz CT molecular complexity index is 1710. The summed E-state index contributed by atoms with van der Waals surface area (Å²) in [5.41, 5.74) is -1.82. The summed E-state index contributed by atoms with van der Waals surface area (Å²) in [6.07, 6.45) is 8.97. The van der Waals surface area contributed by atoms with Crippen molar-refractivity contribution in [2.24, 2.45) is 47.3 Å². The van der Waals surface area contributed by atoms with Gasteiger partial charge in [0.1, 0.15) is 28.5 Å². The first-order valence-corrected chi connectivity index (χ1v) is 23.7. The van der Waals surface area contributed by atoms with Crippen LogP contribution >= 0.6 is 8.17 Å². The number of ether oxygens (including phenoxy) is 2. The fourth-order valence-electron chi connectivity index (χ4n) is 13.7. The Morgan fingerprint density at radius 1 is 0.632 bits per heavy atom. The Morgan fingerprint density at radius 3 is 1.65 bits per heavy atom. The van der Waals surface area contributed by atoms with E-state index < -0.39 is 42.8 Å². The highest BCUT2D eigenvalue weighted by Gasteiger charge is 2.71. The lowest BCUT2D eigenvalue weighted by Crippen LogP contribution is -2.71. The van der Waals surface area contributed by atoms with Gasteiger partial charge in [-0.05, 0) is 137 Å². The molecule has 10 aliphatic rings. The van der Waals surface area contributed by atoms with Crippen LogP contribution in [0.25, 0.3) is 0 Å². The highest BCUT2D eigenvalue weighted by atomic mass is 31.2. The van der Waals surface area contributed by atoms with Crippen LogP contribution in [0.1, 0.15) is 112 Å². The van der Waals surface area contributed by atoms with Crippen molar-refractivity contribution in [2.75, 3.05) is 0 Å². The SMILES string of the molecule is C[C@H]1[C@@H](C[C@H](O[P+](O)(Oc2ccccc2)Oc2ccccc2)C2O[C@@H]3C[C@@]4(C)CC[C@H]5[C@H](C)CC[C@@H]([C@H]2C)[C@@]35OO4)O[C@@H]2C[C@@]3(C)CC[C@H]4[C@H](C)CC[C@@H]1[C@@]24OO3. The number of rotatable bonds is 9. The number of fused-ring (bicyclic) bond motifs is 4. The van der Waals surface area contributed by atoms with Crippen LogP contribution in [0.2, 0.25) is 0 Å². The number of benzene rings is 2. The van der Waals surface area contributed by atoms with Gasteiger partial charge >= 0.3 is 8.17 Å². The van der Waals surface area contributed by atoms with Gasteiger partial charge in [-0.3, -0.25) is 9.05 Å². The number of hydrogen-bond acceptors (Lipinski definition) is 10. The van der Waals surface area contributed by atoms with Gasteiger partial charge in [-0.25, -0.2) is 19.6 Å². The zero-order chi connectivity index (χ0) is 39.4. The van der Waals surface area contributed by atoms with Crippen molar-refractivity contribution in [3.05, 3.63) is 60.7 Å². The van der Waals surface area contributed by atoms with Crippen molar-refractivity contribution in [2.45, 2.75) is 165 Å². The lowest BCUT2D eigenvalue weighted by Gasteiger charge is -2.62. The first-order valence-electron chi connectivity index (χ1n) is 22.2. The third-order valence-corrected chi connectivity index (χ3v) is 18.0. The lowest BCUT2D eigenvalue weighted by molar-refractivity contribution is -0.490. The van der Waals surface area contributed by atoms with Gasteiger partial charge in [0.05, 0.1) is 24.4 Å². The van der Waals surface area contributed by atoms with E-state index in [1.54, 1.807) is 0 Å². The molecule has 0 amide bonds. The zero-order valence-electron chi connectivity index (χ0n) is 34.6. The summed E-state index contributed by atoms with van der Waals surface area (Å²) < 4.78 is 34.9. The highest BCUT2D eigenvalue weighted by Crippen LogP contribution is 2.66. The first-order chi connectivity index (χ1) is 27.3. The molecule has 57 heavy (non-hydrogen) atoms. The van der Waals surface area contributed by atoms with Gasteiger partial charge in [0, 0.05) is 19.3 Å². The second-order valence-electron chi connectivity index (χ2n) is 20.1. The molecule has 0 aromatic heterocycles. The van der Waals surface area contributed by atoms with Gasteiger partial charge in [-0.1, -0.05) is 64.1 Å². The molecule has 0 radical (unpaired) electrons. The molecule has 17 atom stereocenters. The molecule has 6 heterocycles. The Balaban J connectivity index is 1.03. The average Bonchev–Trinajstić information content (AvgIpc) is 3.57. The van der Waals surface area contributed by atoms with Crippen molar-refractivity contribution >= 4 is 8.17 Å². The minimum atomic E-state index is -4.08. The molecule has 11 heteroatoms. The van der Waals surface area contributed by atoms with Crippen LogP contribution in [0.15, 0.2) is 60.7 Å². The summed E-state index contributed by atoms with van der Waals surface area (Å²) in [6, 6.07) is 18.7. The van der Waals surface area contributed by atoms with Gasteiger partial charge < -0.3 is 9.47 Å². The summed E-state index contributed by atoms with van der Waals surface area (Å²) in [6.45, 7) is 13.8. The number of hydrogen-bond donors (Lipinski definition) is 1. The van der Waals surface area contributed by atoms with E-state index in [9.17, 15) is 4.89 Å². The summed E-state index contributed by atoms with van der Waals surface area (Å²) in [4.78, 5) is 38.8. The highest BCUT2D eigenvalue weighted by molar-refractivity contribution is 7.56. The molecular weight excluding hydrogens is 743 g/mol. The summed E-state index contributed by atoms with van der Waals surface area (Å²) in [5, 5.41) is 0. The molecule has 4 aliphatic carbocycles. The van der Waals surface area contributed by atoms with E-state index in [1.165, 1.54) is 0 Å². The average molecular weight is 808 g/mol. The minimum Gasteiger partial charge on any atom is -0.371 e. The fraction of sp³-hybridized carbons (Fsp3) is 0.739. The normalized spacial score (nSPS) is 47.8. The van der Waals surface area contributed by atoms with Crippen LogP contribution in [-0.4, -0.2) is 57.8 Å². The maximum atomic E-state index is 12.7. The van der Waals surface area contributed by atoms with E-state index in [0.717, 1.165) is 64.2 Å². The molecule has 2 spiro atoms. The summed E-state index contributed by atoms with van der Waals surface area (Å²) in [7, 11) is -4.08. The molecule has 1 N–H and O–H groups in total. The van der Waals surface area contributed by atoms with E-state index >= 15 is 0 Å². The van der Waals surface area contributed by atoms with Crippen molar-refractivity contribution in [3.8, 4) is 11.5 Å².